The highest BCUT2D eigenvalue weighted by molar-refractivity contribution is 7.80. The summed E-state index contributed by atoms with van der Waals surface area (Å²) in [4.78, 5) is 6.52. The fourth-order valence-electron chi connectivity index (χ4n) is 4.97. The molecule has 196 valence electrons. The van der Waals surface area contributed by atoms with Crippen molar-refractivity contribution >= 4 is 28.7 Å². The molecule has 36 heavy (non-hydrogen) atoms. The van der Waals surface area contributed by atoms with Gasteiger partial charge in [0, 0.05) is 51.5 Å². The molecule has 0 spiro atoms. The molecule has 0 aliphatic carbocycles. The maximum atomic E-state index is 15.3. The maximum Gasteiger partial charge on any atom is 0.416 e. The van der Waals surface area contributed by atoms with Crippen LogP contribution in [0.1, 0.15) is 35.4 Å². The molecule has 2 fully saturated rings. The number of hydrogen-bond donors (Lipinski definition) is 3. The molecule has 6 nitrogen and oxygen atoms in total. The summed E-state index contributed by atoms with van der Waals surface area (Å²) < 4.78 is 54.8. The van der Waals surface area contributed by atoms with Gasteiger partial charge in [-0.15, -0.1) is 0 Å². The van der Waals surface area contributed by atoms with E-state index in [0.29, 0.717) is 43.7 Å². The van der Waals surface area contributed by atoms with Crippen LogP contribution in [0.5, 0.6) is 0 Å². The number of halogens is 4. The lowest BCUT2D eigenvalue weighted by Crippen LogP contribution is -2.45. The molecule has 2 heterocycles. The van der Waals surface area contributed by atoms with E-state index in [9.17, 15) is 13.2 Å². The molecule has 2 aromatic rings. The molecule has 2 aromatic carbocycles. The zero-order valence-electron chi connectivity index (χ0n) is 20.2. The van der Waals surface area contributed by atoms with Crippen molar-refractivity contribution in [3.05, 3.63) is 58.9 Å². The number of hydrogen-bond acceptors (Lipinski definition) is 5. The Morgan fingerprint density at radius 3 is 2.31 bits per heavy atom. The third kappa shape index (κ3) is 6.37. The Morgan fingerprint density at radius 2 is 1.67 bits per heavy atom. The smallest absolute Gasteiger partial charge is 0.375 e. The molecular formula is C25H32F4N6S. The molecular weight excluding hydrogens is 492 g/mol. The van der Waals surface area contributed by atoms with Gasteiger partial charge in [-0.1, -0.05) is 18.2 Å². The number of piperidine rings is 1. The second-order valence-corrected chi connectivity index (χ2v) is 9.89. The van der Waals surface area contributed by atoms with Gasteiger partial charge in [0.05, 0.1) is 11.3 Å². The molecule has 0 aromatic heterocycles. The van der Waals surface area contributed by atoms with Crippen LogP contribution < -0.4 is 26.4 Å². The highest BCUT2D eigenvalue weighted by Gasteiger charge is 2.32. The van der Waals surface area contributed by atoms with Crippen LogP contribution >= 0.6 is 12.2 Å². The topological polar surface area (TPSA) is 59.8 Å². The summed E-state index contributed by atoms with van der Waals surface area (Å²) in [5.74, 6) is -0.309. The number of piperazine rings is 1. The van der Waals surface area contributed by atoms with Gasteiger partial charge in [0.2, 0.25) is 0 Å². The quantitative estimate of drug-likeness (QED) is 0.302. The van der Waals surface area contributed by atoms with Gasteiger partial charge < -0.3 is 20.4 Å². The largest absolute Gasteiger partial charge is 0.416 e. The van der Waals surface area contributed by atoms with Gasteiger partial charge in [-0.05, 0) is 67.4 Å². The first-order chi connectivity index (χ1) is 17.1. The van der Waals surface area contributed by atoms with Crippen LogP contribution in [-0.2, 0) is 12.7 Å². The Balaban J connectivity index is 1.51. The van der Waals surface area contributed by atoms with Gasteiger partial charge in [0.1, 0.15) is 5.82 Å². The monoisotopic (exact) mass is 524 g/mol. The average molecular weight is 525 g/mol. The summed E-state index contributed by atoms with van der Waals surface area (Å²) in [5.41, 5.74) is 13.5. The summed E-state index contributed by atoms with van der Waals surface area (Å²) in [5, 5.41) is 0.108. The average Bonchev–Trinajstić information content (AvgIpc) is 2.84. The van der Waals surface area contributed by atoms with Crippen molar-refractivity contribution in [1.82, 2.24) is 15.8 Å². The molecule has 2 saturated heterocycles. The van der Waals surface area contributed by atoms with E-state index in [1.54, 1.807) is 12.1 Å². The molecule has 0 amide bonds. The third-order valence-electron chi connectivity index (χ3n) is 7.00. The lowest BCUT2D eigenvalue weighted by atomic mass is 9.88. The highest BCUT2D eigenvalue weighted by Crippen LogP contribution is 2.37. The van der Waals surface area contributed by atoms with Gasteiger partial charge >= 0.3 is 6.18 Å². The van der Waals surface area contributed by atoms with Crippen molar-refractivity contribution in [2.45, 2.75) is 31.5 Å². The summed E-state index contributed by atoms with van der Waals surface area (Å²) in [7, 11) is 2.08. The predicted molar refractivity (Wildman–Crippen MR) is 139 cm³/mol. The lowest BCUT2D eigenvalue weighted by Gasteiger charge is -2.38. The van der Waals surface area contributed by atoms with Gasteiger partial charge in [-0.3, -0.25) is 5.43 Å². The molecule has 2 aliphatic rings. The molecule has 0 radical (unpaired) electrons. The lowest BCUT2D eigenvalue weighted by molar-refractivity contribution is -0.137. The van der Waals surface area contributed by atoms with E-state index in [4.69, 9.17) is 18.0 Å². The standard InChI is InChI=1S/C25H32F4N6S/c1-33-9-11-35(12-10-33)22-15-23(21(26)14-19(22)16-31-32-24(30)36)34-7-5-17(6-8-34)18-3-2-4-20(13-18)25(27,28)29/h2-4,13-15,17,31H,5-12,16H2,1H3,(H3,30,32,36). The molecule has 0 bridgehead atoms. The van der Waals surface area contributed by atoms with Gasteiger partial charge in [0.25, 0.3) is 0 Å². The van der Waals surface area contributed by atoms with Crippen molar-refractivity contribution in [3.63, 3.8) is 0 Å². The van der Waals surface area contributed by atoms with Crippen LogP contribution in [0.3, 0.4) is 0 Å². The van der Waals surface area contributed by atoms with Crippen LogP contribution in [0, 0.1) is 5.82 Å². The number of nitrogens with two attached hydrogens (primary N) is 1. The number of anilines is 2. The minimum absolute atomic E-state index is 0.0124. The van der Waals surface area contributed by atoms with E-state index in [1.165, 1.54) is 12.1 Å². The number of alkyl halides is 3. The van der Waals surface area contributed by atoms with Crippen molar-refractivity contribution in [2.75, 3.05) is 56.1 Å². The summed E-state index contributed by atoms with van der Waals surface area (Å²) in [6.07, 6.45) is -3.04. The molecule has 0 saturated carbocycles. The van der Waals surface area contributed by atoms with E-state index in [1.807, 2.05) is 11.0 Å². The van der Waals surface area contributed by atoms with Crippen molar-refractivity contribution in [3.8, 4) is 0 Å². The molecule has 0 unspecified atom stereocenters. The molecule has 2 aliphatic heterocycles. The first-order valence-electron chi connectivity index (χ1n) is 12.1. The van der Waals surface area contributed by atoms with E-state index in [0.717, 1.165) is 43.5 Å². The molecule has 4 rings (SSSR count). The summed E-state index contributed by atoms with van der Waals surface area (Å²) in [6.45, 7) is 4.96. The van der Waals surface area contributed by atoms with Crippen molar-refractivity contribution in [2.24, 2.45) is 5.73 Å². The number of rotatable bonds is 6. The van der Waals surface area contributed by atoms with Gasteiger partial charge in [0.15, 0.2) is 5.11 Å². The Bertz CT molecular complexity index is 1060. The van der Waals surface area contributed by atoms with Crippen molar-refractivity contribution in [1.29, 1.82) is 0 Å². The van der Waals surface area contributed by atoms with Gasteiger partial charge in [-0.2, -0.15) is 13.2 Å². The van der Waals surface area contributed by atoms with E-state index in [2.05, 4.69) is 27.7 Å². The second-order valence-electron chi connectivity index (χ2n) is 9.45. The Kier molecular flexibility index (Phi) is 8.21. The van der Waals surface area contributed by atoms with Crippen LogP contribution in [0.25, 0.3) is 0 Å². The molecule has 4 N–H and O–H groups in total. The molecule has 11 heteroatoms. The van der Waals surface area contributed by atoms with E-state index in [-0.39, 0.29) is 16.8 Å². The third-order valence-corrected chi connectivity index (χ3v) is 7.11. The van der Waals surface area contributed by atoms with Gasteiger partial charge in [-0.25, -0.2) is 9.82 Å². The predicted octanol–water partition coefficient (Wildman–Crippen LogP) is 3.82. The zero-order chi connectivity index (χ0) is 25.9. The Hall–Kier alpha value is -2.63. The SMILES string of the molecule is CN1CCN(c2cc(N3CCC(c4cccc(C(F)(F)F)c4)CC3)c(F)cc2CNNC(N)=S)CC1. The second kappa shape index (κ2) is 11.2. The van der Waals surface area contributed by atoms with Crippen LogP contribution in [0.4, 0.5) is 28.9 Å². The summed E-state index contributed by atoms with van der Waals surface area (Å²) >= 11 is 4.84. The van der Waals surface area contributed by atoms with Crippen molar-refractivity contribution < 1.29 is 17.6 Å². The minimum atomic E-state index is -4.36. The van der Waals surface area contributed by atoms with Crippen LogP contribution in [0.15, 0.2) is 36.4 Å². The number of benzene rings is 2. The minimum Gasteiger partial charge on any atom is -0.375 e. The van der Waals surface area contributed by atoms with E-state index < -0.39 is 11.7 Å². The fraction of sp³-hybridized carbons (Fsp3) is 0.480. The number of thiocarbonyl (C=S) groups is 1. The van der Waals surface area contributed by atoms with Crippen LogP contribution in [0.2, 0.25) is 0 Å². The first-order valence-corrected chi connectivity index (χ1v) is 12.5. The molecule has 0 atom stereocenters. The first kappa shape index (κ1) is 26.4. The number of nitrogens with one attached hydrogen (secondary N) is 2. The van der Waals surface area contributed by atoms with E-state index >= 15 is 4.39 Å². The fourth-order valence-corrected chi connectivity index (χ4v) is 5.04. The summed E-state index contributed by atoms with van der Waals surface area (Å²) in [6, 6.07) is 9.02. The maximum absolute atomic E-state index is 15.3. The Labute approximate surface area is 214 Å². The number of hydrazine groups is 1. The van der Waals surface area contributed by atoms with Crippen LogP contribution in [-0.4, -0.2) is 56.3 Å². The number of nitrogens with zero attached hydrogens (tertiary/aromatic N) is 3. The normalized spacial score (nSPS) is 17.9. The zero-order valence-corrected chi connectivity index (χ0v) is 21.1. The highest BCUT2D eigenvalue weighted by atomic mass is 32.1. The Morgan fingerprint density at radius 1 is 1.00 bits per heavy atom. The number of likely N-dealkylation sites (N-methyl/N-ethyl adjacent to an activating group) is 1.